The van der Waals surface area contributed by atoms with E-state index in [9.17, 15) is 9.00 Å². The summed E-state index contributed by atoms with van der Waals surface area (Å²) in [5.74, 6) is 1.37. The van der Waals surface area contributed by atoms with E-state index in [1.165, 1.54) is 0 Å². The zero-order valence-electron chi connectivity index (χ0n) is 14.6. The molecule has 5 nitrogen and oxygen atoms in total. The van der Waals surface area contributed by atoms with E-state index in [0.29, 0.717) is 17.2 Å². The Morgan fingerprint density at radius 1 is 1.07 bits per heavy atom. The standard InChI is InChI=1S/C20H18BrNO4S/c1-25-16-6-2-14(3-7-16)12-22-20(23)19-11-8-17(26-19)13-27(24)18-9-4-15(21)5-10-18/h2-11H,12-13H2,1H3,(H,22,23). The van der Waals surface area contributed by atoms with Crippen LogP contribution >= 0.6 is 15.9 Å². The lowest BCUT2D eigenvalue weighted by Crippen LogP contribution is -2.22. The first kappa shape index (κ1) is 19.4. The third kappa shape index (κ3) is 5.30. The van der Waals surface area contributed by atoms with Gasteiger partial charge in [-0.25, -0.2) is 0 Å². The van der Waals surface area contributed by atoms with Crippen molar-refractivity contribution in [3.63, 3.8) is 0 Å². The topological polar surface area (TPSA) is 68.5 Å². The van der Waals surface area contributed by atoms with Crippen molar-refractivity contribution in [1.82, 2.24) is 5.32 Å². The van der Waals surface area contributed by atoms with Gasteiger partial charge in [0, 0.05) is 15.9 Å². The number of rotatable bonds is 7. The highest BCUT2D eigenvalue weighted by Gasteiger charge is 2.13. The first-order chi connectivity index (χ1) is 13.0. The smallest absolute Gasteiger partial charge is 0.287 e. The molecule has 0 spiro atoms. The van der Waals surface area contributed by atoms with Crippen LogP contribution in [-0.2, 0) is 23.1 Å². The maximum Gasteiger partial charge on any atom is 0.287 e. The molecule has 3 aromatic rings. The molecule has 0 radical (unpaired) electrons. The minimum atomic E-state index is -1.24. The SMILES string of the molecule is COc1ccc(CNC(=O)c2ccc(CS(=O)c3ccc(Br)cc3)o2)cc1. The van der Waals surface area contributed by atoms with Crippen LogP contribution in [0.2, 0.25) is 0 Å². The van der Waals surface area contributed by atoms with E-state index in [1.54, 1.807) is 31.4 Å². The Kier molecular flexibility index (Phi) is 6.47. The Balaban J connectivity index is 1.56. The number of hydrogen-bond donors (Lipinski definition) is 1. The van der Waals surface area contributed by atoms with Gasteiger partial charge < -0.3 is 14.5 Å². The number of halogens is 1. The monoisotopic (exact) mass is 447 g/mol. The number of hydrogen-bond acceptors (Lipinski definition) is 4. The second-order valence-corrected chi connectivity index (χ2v) is 8.11. The quantitative estimate of drug-likeness (QED) is 0.586. The van der Waals surface area contributed by atoms with E-state index in [2.05, 4.69) is 21.2 Å². The number of carbonyl (C=O) groups excluding carboxylic acids is 1. The van der Waals surface area contributed by atoms with Crippen molar-refractivity contribution in [3.8, 4) is 5.75 Å². The minimum absolute atomic E-state index is 0.200. The van der Waals surface area contributed by atoms with Crippen molar-refractivity contribution in [1.29, 1.82) is 0 Å². The van der Waals surface area contributed by atoms with Gasteiger partial charge in [0.1, 0.15) is 11.5 Å². The Morgan fingerprint density at radius 3 is 2.44 bits per heavy atom. The maximum atomic E-state index is 12.4. The number of benzene rings is 2. The molecular formula is C20H18BrNO4S. The molecule has 1 atom stereocenters. The zero-order valence-corrected chi connectivity index (χ0v) is 17.0. The molecule has 1 aromatic heterocycles. The molecule has 140 valence electrons. The summed E-state index contributed by atoms with van der Waals surface area (Å²) in [6, 6.07) is 18.0. The number of methoxy groups -OCH3 is 1. The van der Waals surface area contributed by atoms with Gasteiger partial charge in [0.2, 0.25) is 0 Å². The highest BCUT2D eigenvalue weighted by Crippen LogP contribution is 2.18. The average molecular weight is 448 g/mol. The van der Waals surface area contributed by atoms with Crippen molar-refractivity contribution in [3.05, 3.63) is 82.2 Å². The summed E-state index contributed by atoms with van der Waals surface area (Å²) in [5.41, 5.74) is 0.951. The molecule has 1 N–H and O–H groups in total. The number of furan rings is 1. The molecule has 2 aromatic carbocycles. The van der Waals surface area contributed by atoms with Gasteiger partial charge in [-0.1, -0.05) is 28.1 Å². The van der Waals surface area contributed by atoms with E-state index >= 15 is 0 Å². The van der Waals surface area contributed by atoms with Crippen molar-refractivity contribution in [2.45, 2.75) is 17.2 Å². The summed E-state index contributed by atoms with van der Waals surface area (Å²) in [4.78, 5) is 12.9. The molecule has 0 saturated carbocycles. The second kappa shape index (κ2) is 9.01. The summed E-state index contributed by atoms with van der Waals surface area (Å²) in [6.45, 7) is 0.379. The van der Waals surface area contributed by atoms with Crippen LogP contribution < -0.4 is 10.1 Å². The molecule has 0 aliphatic carbocycles. The fourth-order valence-corrected chi connectivity index (χ4v) is 3.67. The average Bonchev–Trinajstić information content (AvgIpc) is 3.15. The van der Waals surface area contributed by atoms with Crippen LogP contribution in [-0.4, -0.2) is 17.2 Å². The van der Waals surface area contributed by atoms with Gasteiger partial charge in [0.05, 0.1) is 23.7 Å². The molecule has 7 heteroatoms. The molecular weight excluding hydrogens is 430 g/mol. The first-order valence-corrected chi connectivity index (χ1v) is 10.3. The fraction of sp³-hybridized carbons (Fsp3) is 0.150. The van der Waals surface area contributed by atoms with Crippen LogP contribution in [0.4, 0.5) is 0 Å². The Hall–Kier alpha value is -2.38. The summed E-state index contributed by atoms with van der Waals surface area (Å²) in [5, 5.41) is 2.80. The molecule has 0 fully saturated rings. The van der Waals surface area contributed by atoms with Gasteiger partial charge in [0.25, 0.3) is 5.91 Å². The lowest BCUT2D eigenvalue weighted by Gasteiger charge is -2.05. The molecule has 1 heterocycles. The normalized spacial score (nSPS) is 11.8. The predicted molar refractivity (Wildman–Crippen MR) is 107 cm³/mol. The maximum absolute atomic E-state index is 12.4. The van der Waals surface area contributed by atoms with E-state index in [1.807, 2.05) is 36.4 Å². The molecule has 3 rings (SSSR count). The van der Waals surface area contributed by atoms with Crippen molar-refractivity contribution in [2.24, 2.45) is 0 Å². The number of amides is 1. The van der Waals surface area contributed by atoms with Gasteiger partial charge in [-0.3, -0.25) is 9.00 Å². The summed E-state index contributed by atoms with van der Waals surface area (Å²) < 4.78 is 24.0. The van der Waals surface area contributed by atoms with E-state index in [-0.39, 0.29) is 17.4 Å². The Morgan fingerprint density at radius 2 is 1.78 bits per heavy atom. The Bertz CT molecular complexity index is 935. The summed E-state index contributed by atoms with van der Waals surface area (Å²) in [7, 11) is 0.369. The van der Waals surface area contributed by atoms with Crippen LogP contribution in [0, 0.1) is 0 Å². The van der Waals surface area contributed by atoms with Crippen LogP contribution in [0.25, 0.3) is 0 Å². The van der Waals surface area contributed by atoms with Crippen molar-refractivity contribution >= 4 is 32.6 Å². The van der Waals surface area contributed by atoms with Crippen LogP contribution in [0.1, 0.15) is 21.9 Å². The summed E-state index contributed by atoms with van der Waals surface area (Å²) >= 11 is 3.35. The van der Waals surface area contributed by atoms with E-state index < -0.39 is 10.8 Å². The van der Waals surface area contributed by atoms with Gasteiger partial charge in [-0.2, -0.15) is 0 Å². The molecule has 27 heavy (non-hydrogen) atoms. The predicted octanol–water partition coefficient (Wildman–Crippen LogP) is 4.29. The van der Waals surface area contributed by atoms with Gasteiger partial charge in [0.15, 0.2) is 5.76 Å². The van der Waals surface area contributed by atoms with Crippen LogP contribution in [0.3, 0.4) is 0 Å². The van der Waals surface area contributed by atoms with Crippen LogP contribution in [0.5, 0.6) is 5.75 Å². The van der Waals surface area contributed by atoms with Gasteiger partial charge in [-0.15, -0.1) is 0 Å². The molecule has 0 aliphatic heterocycles. The molecule has 1 amide bonds. The third-order valence-corrected chi connectivity index (χ3v) is 5.72. The van der Waals surface area contributed by atoms with Crippen molar-refractivity contribution < 1.29 is 18.2 Å². The lowest BCUT2D eigenvalue weighted by atomic mass is 10.2. The molecule has 0 saturated heterocycles. The molecule has 1 unspecified atom stereocenters. The largest absolute Gasteiger partial charge is 0.497 e. The second-order valence-electron chi connectivity index (χ2n) is 5.74. The van der Waals surface area contributed by atoms with Gasteiger partial charge >= 0.3 is 0 Å². The zero-order chi connectivity index (χ0) is 19.2. The first-order valence-electron chi connectivity index (χ1n) is 8.19. The molecule has 0 bridgehead atoms. The lowest BCUT2D eigenvalue weighted by molar-refractivity contribution is 0.0921. The molecule has 0 aliphatic rings. The number of ether oxygens (including phenoxy) is 1. The van der Waals surface area contributed by atoms with Crippen LogP contribution in [0.15, 0.2) is 74.4 Å². The van der Waals surface area contributed by atoms with E-state index in [0.717, 1.165) is 15.8 Å². The number of carbonyl (C=O) groups is 1. The Labute approximate surface area is 168 Å². The highest BCUT2D eigenvalue weighted by atomic mass is 79.9. The fourth-order valence-electron chi connectivity index (χ4n) is 2.39. The van der Waals surface area contributed by atoms with E-state index in [4.69, 9.17) is 9.15 Å². The third-order valence-electron chi connectivity index (χ3n) is 3.85. The van der Waals surface area contributed by atoms with Gasteiger partial charge in [-0.05, 0) is 54.1 Å². The van der Waals surface area contributed by atoms with Crippen molar-refractivity contribution in [2.75, 3.05) is 7.11 Å². The highest BCUT2D eigenvalue weighted by molar-refractivity contribution is 9.10. The number of nitrogens with one attached hydrogen (secondary N) is 1. The summed E-state index contributed by atoms with van der Waals surface area (Å²) in [6.07, 6.45) is 0. The minimum Gasteiger partial charge on any atom is -0.497 e.